The Morgan fingerprint density at radius 1 is 1.16 bits per heavy atom. The lowest BCUT2D eigenvalue weighted by Gasteiger charge is -2.39. The number of amides is 1. The molecule has 3 atom stereocenters. The van der Waals surface area contributed by atoms with Gasteiger partial charge in [-0.05, 0) is 49.9 Å². The molecule has 8 heteroatoms. The monoisotopic (exact) mass is 432 g/mol. The number of nitrogens with zero attached hydrogens (tertiary/aromatic N) is 2. The maximum Gasteiger partial charge on any atom is 0.326 e. The van der Waals surface area contributed by atoms with Gasteiger partial charge in [0.15, 0.2) is 17.2 Å². The molecule has 7 nitrogen and oxygen atoms in total. The molecule has 0 spiro atoms. The van der Waals surface area contributed by atoms with Crippen molar-refractivity contribution in [3.05, 3.63) is 53.1 Å². The summed E-state index contributed by atoms with van der Waals surface area (Å²) >= 11 is 0. The second-order valence-corrected chi connectivity index (χ2v) is 7.95. The van der Waals surface area contributed by atoms with Crippen LogP contribution in [0.25, 0.3) is 0 Å². The molecule has 2 N–H and O–H groups in total. The predicted octanol–water partition coefficient (Wildman–Crippen LogP) is 3.99. The van der Waals surface area contributed by atoms with Gasteiger partial charge in [0.1, 0.15) is 11.9 Å². The van der Waals surface area contributed by atoms with Crippen LogP contribution in [-0.2, 0) is 4.79 Å². The maximum absolute atomic E-state index is 13.7. The summed E-state index contributed by atoms with van der Waals surface area (Å²) in [5, 5.41) is 20.1. The molecule has 0 aliphatic rings. The number of aromatic nitrogens is 1. The van der Waals surface area contributed by atoms with Gasteiger partial charge in [0.2, 0.25) is 0 Å². The molecule has 0 bridgehead atoms. The zero-order chi connectivity index (χ0) is 23.5. The van der Waals surface area contributed by atoms with Crippen molar-refractivity contribution in [2.75, 3.05) is 7.11 Å². The summed E-state index contributed by atoms with van der Waals surface area (Å²) < 4.78 is 18.7. The first-order valence-corrected chi connectivity index (χ1v) is 10.0. The van der Waals surface area contributed by atoms with Gasteiger partial charge in [0.25, 0.3) is 5.91 Å². The fourth-order valence-electron chi connectivity index (χ4n) is 4.07. The number of aliphatic carboxylic acids is 1. The Labute approximate surface area is 181 Å². The molecular weight excluding hydrogens is 403 g/mol. The number of rotatable bonds is 8. The molecule has 0 aliphatic heterocycles. The van der Waals surface area contributed by atoms with Crippen molar-refractivity contribution < 1.29 is 28.9 Å². The van der Waals surface area contributed by atoms with Gasteiger partial charge < -0.3 is 19.8 Å². The fourth-order valence-corrected chi connectivity index (χ4v) is 4.07. The summed E-state index contributed by atoms with van der Waals surface area (Å²) in [6.07, 6.45) is 1.31. The lowest BCUT2D eigenvalue weighted by molar-refractivity contribution is -0.142. The topological polar surface area (TPSA) is 100.0 Å². The molecule has 1 amide bonds. The van der Waals surface area contributed by atoms with E-state index in [9.17, 15) is 24.2 Å². The van der Waals surface area contributed by atoms with Gasteiger partial charge in [-0.25, -0.2) is 14.2 Å². The molecule has 31 heavy (non-hydrogen) atoms. The highest BCUT2D eigenvalue weighted by atomic mass is 19.1. The molecule has 2 rings (SSSR count). The van der Waals surface area contributed by atoms with Gasteiger partial charge in [-0.2, -0.15) is 0 Å². The number of pyridine rings is 1. The average molecular weight is 432 g/mol. The number of aromatic hydroxyl groups is 1. The van der Waals surface area contributed by atoms with Crippen LogP contribution >= 0.6 is 0 Å². The van der Waals surface area contributed by atoms with Crippen molar-refractivity contribution in [2.45, 2.75) is 52.6 Å². The average Bonchev–Trinajstić information content (AvgIpc) is 2.69. The molecule has 0 fully saturated rings. The molecule has 1 unspecified atom stereocenters. The molecule has 1 heterocycles. The maximum atomic E-state index is 13.7. The van der Waals surface area contributed by atoms with Crippen LogP contribution in [0.4, 0.5) is 4.39 Å². The number of halogens is 1. The minimum atomic E-state index is -1.20. The molecular formula is C23H29FN2O5. The van der Waals surface area contributed by atoms with Crippen molar-refractivity contribution in [3.63, 3.8) is 0 Å². The Bertz CT molecular complexity index is 963. The van der Waals surface area contributed by atoms with Crippen LogP contribution in [0.15, 0.2) is 30.5 Å². The van der Waals surface area contributed by atoms with E-state index in [0.717, 1.165) is 5.56 Å². The number of carboxylic acid groups (broad SMARTS) is 1. The second-order valence-electron chi connectivity index (χ2n) is 7.95. The lowest BCUT2D eigenvalue weighted by atomic mass is 9.80. The van der Waals surface area contributed by atoms with Gasteiger partial charge in [0.05, 0.1) is 7.11 Å². The Hall–Kier alpha value is -3.16. The van der Waals surface area contributed by atoms with E-state index < -0.39 is 29.7 Å². The van der Waals surface area contributed by atoms with E-state index >= 15 is 0 Å². The number of ether oxygens (including phenoxy) is 1. The van der Waals surface area contributed by atoms with E-state index in [1.165, 1.54) is 43.3 Å². The highest BCUT2D eigenvalue weighted by molar-refractivity contribution is 5.98. The standard InChI is InChI=1S/C23H29FN2O5/c1-12(2)19(17-8-7-16(24)11-13(17)3)14(4)26(15(5)23(29)30)22(28)20-21(27)18(31-6)9-10-25-20/h7-12,14-15,19,27H,1-6H3,(H,29,30)/t14?,15-,19+/m0/s1. The Morgan fingerprint density at radius 3 is 2.32 bits per heavy atom. The number of carboxylic acids is 1. The highest BCUT2D eigenvalue weighted by Gasteiger charge is 2.38. The molecule has 1 aromatic heterocycles. The van der Waals surface area contributed by atoms with E-state index in [-0.39, 0.29) is 29.1 Å². The third-order valence-corrected chi connectivity index (χ3v) is 5.59. The van der Waals surface area contributed by atoms with Crippen molar-refractivity contribution >= 4 is 11.9 Å². The van der Waals surface area contributed by atoms with Crippen LogP contribution in [0.2, 0.25) is 0 Å². The van der Waals surface area contributed by atoms with Crippen molar-refractivity contribution in [1.29, 1.82) is 0 Å². The van der Waals surface area contributed by atoms with E-state index in [4.69, 9.17) is 4.74 Å². The van der Waals surface area contributed by atoms with E-state index in [1.807, 2.05) is 13.8 Å². The zero-order valence-corrected chi connectivity index (χ0v) is 18.6. The van der Waals surface area contributed by atoms with Crippen LogP contribution in [0, 0.1) is 18.7 Å². The first-order valence-electron chi connectivity index (χ1n) is 10.0. The van der Waals surface area contributed by atoms with E-state index in [2.05, 4.69) is 4.98 Å². The molecule has 0 radical (unpaired) electrons. The summed E-state index contributed by atoms with van der Waals surface area (Å²) in [5.41, 5.74) is 1.24. The Balaban J connectivity index is 2.61. The molecule has 0 saturated heterocycles. The molecule has 0 saturated carbocycles. The highest BCUT2D eigenvalue weighted by Crippen LogP contribution is 2.36. The number of benzene rings is 1. The van der Waals surface area contributed by atoms with Crippen LogP contribution in [0.1, 0.15) is 55.2 Å². The first-order chi connectivity index (χ1) is 14.5. The number of aryl methyl sites for hydroxylation is 1. The summed E-state index contributed by atoms with van der Waals surface area (Å²) in [7, 11) is 1.34. The fraction of sp³-hybridized carbons (Fsp3) is 0.435. The smallest absolute Gasteiger partial charge is 0.326 e. The third-order valence-electron chi connectivity index (χ3n) is 5.59. The van der Waals surface area contributed by atoms with Gasteiger partial charge in [-0.15, -0.1) is 0 Å². The van der Waals surface area contributed by atoms with Crippen molar-refractivity contribution in [1.82, 2.24) is 9.88 Å². The largest absolute Gasteiger partial charge is 0.503 e. The number of carbonyl (C=O) groups is 2. The van der Waals surface area contributed by atoms with Crippen LogP contribution < -0.4 is 4.74 Å². The van der Waals surface area contributed by atoms with Gasteiger partial charge in [-0.1, -0.05) is 19.9 Å². The summed E-state index contributed by atoms with van der Waals surface area (Å²) in [5.74, 6) is -2.98. The minimum Gasteiger partial charge on any atom is -0.503 e. The van der Waals surface area contributed by atoms with Crippen molar-refractivity contribution in [2.24, 2.45) is 5.92 Å². The number of hydrogen-bond acceptors (Lipinski definition) is 5. The van der Waals surface area contributed by atoms with Crippen LogP contribution in [0.5, 0.6) is 11.5 Å². The lowest BCUT2D eigenvalue weighted by Crippen LogP contribution is -2.51. The number of methoxy groups -OCH3 is 1. The summed E-state index contributed by atoms with van der Waals surface area (Å²) in [6, 6.07) is 4.04. The van der Waals surface area contributed by atoms with E-state index in [0.29, 0.717) is 5.56 Å². The van der Waals surface area contributed by atoms with Crippen LogP contribution in [0.3, 0.4) is 0 Å². The summed E-state index contributed by atoms with van der Waals surface area (Å²) in [6.45, 7) is 8.85. The minimum absolute atomic E-state index is 0.00215. The third kappa shape index (κ3) is 4.95. The number of carbonyl (C=O) groups excluding carboxylic acids is 1. The Kier molecular flexibility index (Phi) is 7.60. The van der Waals surface area contributed by atoms with Gasteiger partial charge in [-0.3, -0.25) is 4.79 Å². The molecule has 2 aromatic rings. The summed E-state index contributed by atoms with van der Waals surface area (Å²) in [4.78, 5) is 30.5. The van der Waals surface area contributed by atoms with Crippen molar-refractivity contribution in [3.8, 4) is 11.5 Å². The molecule has 0 aliphatic carbocycles. The second kappa shape index (κ2) is 9.76. The number of hydrogen-bond donors (Lipinski definition) is 2. The van der Waals surface area contributed by atoms with Crippen LogP contribution in [-0.4, -0.2) is 51.2 Å². The first kappa shape index (κ1) is 24.1. The van der Waals surface area contributed by atoms with Gasteiger partial charge >= 0.3 is 5.97 Å². The zero-order valence-electron chi connectivity index (χ0n) is 18.6. The SMILES string of the molecule is COc1ccnc(C(=O)N(C(C)[C@H](c2ccc(F)cc2C)C(C)C)[C@@H](C)C(=O)O)c1O. The van der Waals surface area contributed by atoms with Gasteiger partial charge in [0, 0.05) is 24.2 Å². The van der Waals surface area contributed by atoms with E-state index in [1.54, 1.807) is 19.9 Å². The quantitative estimate of drug-likeness (QED) is 0.654. The normalized spacial score (nSPS) is 14.1. The molecule has 168 valence electrons. The predicted molar refractivity (Wildman–Crippen MR) is 114 cm³/mol. The Morgan fingerprint density at radius 2 is 1.81 bits per heavy atom. The molecule has 1 aromatic carbocycles.